The summed E-state index contributed by atoms with van der Waals surface area (Å²) in [7, 11) is -3.62. The number of piperidine rings is 1. The van der Waals surface area contributed by atoms with Crippen molar-refractivity contribution < 1.29 is 13.2 Å². The van der Waals surface area contributed by atoms with Crippen molar-refractivity contribution in [3.8, 4) is 0 Å². The second-order valence-electron chi connectivity index (χ2n) is 5.27. The number of nitrogens with zero attached hydrogens (tertiary/aromatic N) is 1. The number of likely N-dealkylation sites (tertiary alicyclic amines) is 1. The normalized spacial score (nSPS) is 17.4. The Labute approximate surface area is 140 Å². The summed E-state index contributed by atoms with van der Waals surface area (Å²) in [5, 5.41) is 1.72. The molecule has 0 aromatic carbocycles. The van der Waals surface area contributed by atoms with Gasteiger partial charge in [-0.25, -0.2) is 8.42 Å². The molecule has 1 aliphatic heterocycles. The number of thiophene rings is 1. The minimum absolute atomic E-state index is 0.0890. The molecule has 1 aromatic rings. The van der Waals surface area contributed by atoms with E-state index in [0.717, 1.165) is 49.4 Å². The first-order valence-electron chi connectivity index (χ1n) is 7.38. The number of nitrogens with one attached hydrogen (secondary N) is 1. The molecule has 0 unspecified atom stereocenters. The summed E-state index contributed by atoms with van der Waals surface area (Å²) in [4.78, 5) is 14.4. The van der Waals surface area contributed by atoms with Gasteiger partial charge in [0.25, 0.3) is 10.0 Å². The lowest BCUT2D eigenvalue weighted by Gasteiger charge is -2.30. The number of carbonyl (C=O) groups excluding carboxylic acids is 1. The van der Waals surface area contributed by atoms with Crippen LogP contribution in [0.2, 0.25) is 0 Å². The summed E-state index contributed by atoms with van der Waals surface area (Å²) in [5.74, 6) is 0.658. The molecule has 2 rings (SSSR count). The molecule has 1 N–H and O–H groups in total. The van der Waals surface area contributed by atoms with Crippen molar-refractivity contribution in [2.45, 2.75) is 35.9 Å². The number of hydrogen-bond donors (Lipinski definition) is 1. The van der Waals surface area contributed by atoms with Gasteiger partial charge >= 0.3 is 0 Å². The highest BCUT2D eigenvalue weighted by Gasteiger charge is 2.29. The van der Waals surface area contributed by atoms with Crippen LogP contribution in [0.1, 0.15) is 25.7 Å². The fraction of sp³-hybridized carbons (Fsp3) is 0.643. The number of rotatable bonds is 7. The first kappa shape index (κ1) is 17.8. The molecule has 22 heavy (non-hydrogen) atoms. The average Bonchev–Trinajstić information content (AvgIpc) is 3.07. The topological polar surface area (TPSA) is 66.5 Å². The largest absolute Gasteiger partial charge is 0.341 e. The van der Waals surface area contributed by atoms with Gasteiger partial charge in [-0.05, 0) is 49.1 Å². The summed E-state index contributed by atoms with van der Waals surface area (Å²) in [6.07, 6.45) is 5.61. The molecule has 1 aromatic heterocycles. The van der Waals surface area contributed by atoms with Gasteiger partial charge in [-0.3, -0.25) is 4.79 Å². The van der Waals surface area contributed by atoms with E-state index in [1.807, 2.05) is 6.26 Å². The van der Waals surface area contributed by atoms with Crippen LogP contribution in [0, 0.1) is 0 Å². The molecule has 0 radical (unpaired) electrons. The standard InChI is InChI=1S/C14H22N2O3S3/c1-20-11-7-12(14(17)16-8-3-2-4-9-16)15-22(18,19)13-6-5-10-21-13/h5-6,10,12,15H,2-4,7-9,11H2,1H3/t12-/m1/s1. The molecular weight excluding hydrogens is 340 g/mol. The Balaban J connectivity index is 2.09. The molecule has 0 spiro atoms. The molecule has 124 valence electrons. The second-order valence-corrected chi connectivity index (χ2v) is 9.15. The fourth-order valence-electron chi connectivity index (χ4n) is 2.46. The second kappa shape index (κ2) is 8.33. The number of amides is 1. The van der Waals surface area contributed by atoms with Crippen molar-refractivity contribution in [2.24, 2.45) is 0 Å². The summed E-state index contributed by atoms with van der Waals surface area (Å²) < 4.78 is 27.6. The Kier molecular flexibility index (Phi) is 6.73. The number of carbonyl (C=O) groups is 1. The Bertz CT molecular complexity index is 566. The predicted molar refractivity (Wildman–Crippen MR) is 91.9 cm³/mol. The summed E-state index contributed by atoms with van der Waals surface area (Å²) >= 11 is 2.78. The van der Waals surface area contributed by atoms with Gasteiger partial charge < -0.3 is 4.90 Å². The Morgan fingerprint density at radius 1 is 1.41 bits per heavy atom. The predicted octanol–water partition coefficient (Wildman–Crippen LogP) is 2.16. The van der Waals surface area contributed by atoms with Gasteiger partial charge in [0.05, 0.1) is 0 Å². The molecule has 5 nitrogen and oxygen atoms in total. The van der Waals surface area contributed by atoms with Crippen molar-refractivity contribution in [1.29, 1.82) is 0 Å². The first-order valence-corrected chi connectivity index (χ1v) is 11.1. The van der Waals surface area contributed by atoms with E-state index in [4.69, 9.17) is 0 Å². The number of hydrogen-bond acceptors (Lipinski definition) is 5. The van der Waals surface area contributed by atoms with E-state index in [-0.39, 0.29) is 10.1 Å². The number of sulfonamides is 1. The van der Waals surface area contributed by atoms with Gasteiger partial charge in [0.2, 0.25) is 5.91 Å². The van der Waals surface area contributed by atoms with E-state index in [2.05, 4.69) is 4.72 Å². The average molecular weight is 363 g/mol. The summed E-state index contributed by atoms with van der Waals surface area (Å²) in [5.41, 5.74) is 0. The van der Waals surface area contributed by atoms with Crippen LogP contribution in [-0.4, -0.2) is 50.4 Å². The van der Waals surface area contributed by atoms with Crippen molar-refractivity contribution in [3.63, 3.8) is 0 Å². The van der Waals surface area contributed by atoms with Crippen molar-refractivity contribution in [3.05, 3.63) is 17.5 Å². The molecular formula is C14H22N2O3S3. The zero-order chi connectivity index (χ0) is 16.0. The van der Waals surface area contributed by atoms with E-state index < -0.39 is 16.1 Å². The van der Waals surface area contributed by atoms with E-state index in [9.17, 15) is 13.2 Å². The zero-order valence-electron chi connectivity index (χ0n) is 12.7. The van der Waals surface area contributed by atoms with Crippen molar-refractivity contribution >= 4 is 39.0 Å². The van der Waals surface area contributed by atoms with Crippen LogP contribution in [0.15, 0.2) is 21.7 Å². The maximum Gasteiger partial charge on any atom is 0.250 e. The van der Waals surface area contributed by atoms with Gasteiger partial charge in [0, 0.05) is 13.1 Å². The molecule has 1 fully saturated rings. The zero-order valence-corrected chi connectivity index (χ0v) is 15.1. The van der Waals surface area contributed by atoms with E-state index in [1.165, 1.54) is 0 Å². The van der Waals surface area contributed by atoms with Crippen molar-refractivity contribution in [1.82, 2.24) is 9.62 Å². The van der Waals surface area contributed by atoms with Gasteiger partial charge in [-0.15, -0.1) is 11.3 Å². The van der Waals surface area contributed by atoms with Gasteiger partial charge in [-0.1, -0.05) is 6.07 Å². The van der Waals surface area contributed by atoms with Crippen LogP contribution in [0.3, 0.4) is 0 Å². The maximum absolute atomic E-state index is 12.6. The SMILES string of the molecule is CSCC[C@@H](NS(=O)(=O)c1cccs1)C(=O)N1CCCCC1. The van der Waals surface area contributed by atoms with Crippen LogP contribution in [0.25, 0.3) is 0 Å². The van der Waals surface area contributed by atoms with Crippen LogP contribution >= 0.6 is 23.1 Å². The van der Waals surface area contributed by atoms with E-state index >= 15 is 0 Å². The monoisotopic (exact) mass is 362 g/mol. The van der Waals surface area contributed by atoms with Crippen LogP contribution in [0.4, 0.5) is 0 Å². The highest BCUT2D eigenvalue weighted by atomic mass is 32.2. The minimum Gasteiger partial charge on any atom is -0.341 e. The third-order valence-corrected chi connectivity index (χ3v) is 7.15. The molecule has 0 aliphatic carbocycles. The van der Waals surface area contributed by atoms with Gasteiger partial charge in [0.15, 0.2) is 0 Å². The lowest BCUT2D eigenvalue weighted by molar-refractivity contribution is -0.133. The molecule has 2 heterocycles. The smallest absolute Gasteiger partial charge is 0.250 e. The Morgan fingerprint density at radius 3 is 2.73 bits per heavy atom. The molecule has 0 saturated carbocycles. The maximum atomic E-state index is 12.6. The molecule has 0 bridgehead atoms. The van der Waals surface area contributed by atoms with Crippen LogP contribution in [0.5, 0.6) is 0 Å². The Hall–Kier alpha value is -0.570. The Morgan fingerprint density at radius 2 is 2.14 bits per heavy atom. The van der Waals surface area contributed by atoms with Crippen molar-refractivity contribution in [2.75, 3.05) is 25.1 Å². The molecule has 1 saturated heterocycles. The van der Waals surface area contributed by atoms with E-state index in [1.54, 1.807) is 34.2 Å². The molecule has 1 atom stereocenters. The molecule has 1 amide bonds. The minimum atomic E-state index is -3.62. The van der Waals surface area contributed by atoms with Crippen LogP contribution < -0.4 is 4.72 Å². The third kappa shape index (κ3) is 4.71. The first-order chi connectivity index (χ1) is 10.5. The van der Waals surface area contributed by atoms with Gasteiger partial charge in [0.1, 0.15) is 10.3 Å². The fourth-order valence-corrected chi connectivity index (χ4v) is 5.17. The van der Waals surface area contributed by atoms with Gasteiger partial charge in [-0.2, -0.15) is 16.5 Å². The highest BCUT2D eigenvalue weighted by molar-refractivity contribution is 7.98. The summed E-state index contributed by atoms with van der Waals surface area (Å²) in [6.45, 7) is 1.46. The van der Waals surface area contributed by atoms with Crippen LogP contribution in [-0.2, 0) is 14.8 Å². The quantitative estimate of drug-likeness (QED) is 0.807. The highest BCUT2D eigenvalue weighted by Crippen LogP contribution is 2.18. The molecule has 1 aliphatic rings. The third-order valence-electron chi connectivity index (χ3n) is 3.63. The lowest BCUT2D eigenvalue weighted by atomic mass is 10.1. The number of thioether (sulfide) groups is 1. The van der Waals surface area contributed by atoms with E-state index in [0.29, 0.717) is 6.42 Å². The summed E-state index contributed by atoms with van der Waals surface area (Å²) in [6, 6.07) is 2.59. The lowest BCUT2D eigenvalue weighted by Crippen LogP contribution is -2.50. The molecule has 8 heteroatoms.